The monoisotopic (exact) mass is 229 g/mol. The standard InChI is InChI=1S/C16H23N/c1-3-5-9-14(4-2)16(12-13-17)15-10-7-6-8-11-15/h4-11,16H,3,12-13,17H2,1-2H3/b9-5-,14-4+. The fourth-order valence-corrected chi connectivity index (χ4v) is 2.05. The van der Waals surface area contributed by atoms with E-state index in [1.807, 2.05) is 0 Å². The molecule has 0 aromatic heterocycles. The maximum atomic E-state index is 5.74. The maximum Gasteiger partial charge on any atom is 0.00979 e. The van der Waals surface area contributed by atoms with Gasteiger partial charge in [-0.1, -0.05) is 55.5 Å². The topological polar surface area (TPSA) is 26.0 Å². The Balaban J connectivity index is 2.96. The number of benzene rings is 1. The fourth-order valence-electron chi connectivity index (χ4n) is 2.05. The third-order valence-electron chi connectivity index (χ3n) is 2.94. The van der Waals surface area contributed by atoms with Crippen LogP contribution in [0.15, 0.2) is 54.1 Å². The number of rotatable bonds is 6. The number of nitrogens with two attached hydrogens (primary N) is 1. The van der Waals surface area contributed by atoms with Crippen molar-refractivity contribution in [3.63, 3.8) is 0 Å². The van der Waals surface area contributed by atoms with Gasteiger partial charge >= 0.3 is 0 Å². The van der Waals surface area contributed by atoms with Crippen LogP contribution in [-0.2, 0) is 0 Å². The van der Waals surface area contributed by atoms with Crippen LogP contribution in [-0.4, -0.2) is 6.54 Å². The van der Waals surface area contributed by atoms with Crippen LogP contribution in [0.1, 0.15) is 38.2 Å². The fraction of sp³-hybridized carbons (Fsp3) is 0.375. The molecule has 0 saturated heterocycles. The zero-order valence-corrected chi connectivity index (χ0v) is 10.9. The Bertz CT molecular complexity index is 362. The third kappa shape index (κ3) is 4.20. The van der Waals surface area contributed by atoms with Gasteiger partial charge in [-0.15, -0.1) is 0 Å². The van der Waals surface area contributed by atoms with Gasteiger partial charge < -0.3 is 5.73 Å². The van der Waals surface area contributed by atoms with Crippen LogP contribution in [0, 0.1) is 0 Å². The van der Waals surface area contributed by atoms with Crippen molar-refractivity contribution >= 4 is 0 Å². The van der Waals surface area contributed by atoms with Gasteiger partial charge in [-0.05, 0) is 37.4 Å². The summed E-state index contributed by atoms with van der Waals surface area (Å²) in [5.41, 5.74) is 8.45. The van der Waals surface area contributed by atoms with Gasteiger partial charge in [0.1, 0.15) is 0 Å². The summed E-state index contributed by atoms with van der Waals surface area (Å²) in [6.07, 6.45) is 8.70. The number of hydrogen-bond donors (Lipinski definition) is 1. The van der Waals surface area contributed by atoms with E-state index in [4.69, 9.17) is 5.73 Å². The molecule has 0 aliphatic carbocycles. The van der Waals surface area contributed by atoms with E-state index in [9.17, 15) is 0 Å². The van der Waals surface area contributed by atoms with Crippen molar-refractivity contribution in [3.8, 4) is 0 Å². The van der Waals surface area contributed by atoms with Crippen molar-refractivity contribution in [2.24, 2.45) is 5.73 Å². The zero-order valence-electron chi connectivity index (χ0n) is 10.9. The number of hydrogen-bond acceptors (Lipinski definition) is 1. The summed E-state index contributed by atoms with van der Waals surface area (Å²) >= 11 is 0. The van der Waals surface area contributed by atoms with Crippen molar-refractivity contribution in [1.29, 1.82) is 0 Å². The average molecular weight is 229 g/mol. The lowest BCUT2D eigenvalue weighted by atomic mass is 9.87. The van der Waals surface area contributed by atoms with Gasteiger partial charge in [-0.3, -0.25) is 0 Å². The molecule has 1 aromatic carbocycles. The van der Waals surface area contributed by atoms with Crippen molar-refractivity contribution < 1.29 is 0 Å². The molecule has 17 heavy (non-hydrogen) atoms. The zero-order chi connectivity index (χ0) is 12.5. The SMILES string of the molecule is C/C=C(\C=C/CC)C(CCN)c1ccccc1. The first kappa shape index (κ1) is 13.7. The first-order valence-corrected chi connectivity index (χ1v) is 6.41. The van der Waals surface area contributed by atoms with Crippen LogP contribution < -0.4 is 5.73 Å². The van der Waals surface area contributed by atoms with E-state index in [1.165, 1.54) is 11.1 Å². The summed E-state index contributed by atoms with van der Waals surface area (Å²) < 4.78 is 0. The molecule has 0 saturated carbocycles. The molecule has 0 heterocycles. The molecule has 0 radical (unpaired) electrons. The van der Waals surface area contributed by atoms with E-state index in [1.54, 1.807) is 0 Å². The second kappa shape index (κ2) is 7.86. The molecule has 0 aliphatic heterocycles. The molecule has 1 aromatic rings. The summed E-state index contributed by atoms with van der Waals surface area (Å²) in [4.78, 5) is 0. The lowest BCUT2D eigenvalue weighted by Gasteiger charge is -2.18. The molecule has 0 spiro atoms. The minimum Gasteiger partial charge on any atom is -0.330 e. The Morgan fingerprint density at radius 1 is 1.29 bits per heavy atom. The highest BCUT2D eigenvalue weighted by atomic mass is 14.5. The molecular formula is C16H23N. The predicted octanol–water partition coefficient (Wildman–Crippen LogP) is 4.03. The van der Waals surface area contributed by atoms with Crippen LogP contribution in [0.3, 0.4) is 0 Å². The lowest BCUT2D eigenvalue weighted by molar-refractivity contribution is 0.724. The van der Waals surface area contributed by atoms with Crippen LogP contribution in [0.25, 0.3) is 0 Å². The second-order valence-corrected chi connectivity index (χ2v) is 4.14. The summed E-state index contributed by atoms with van der Waals surface area (Å²) in [6, 6.07) is 10.6. The Morgan fingerprint density at radius 3 is 2.53 bits per heavy atom. The van der Waals surface area contributed by atoms with E-state index in [2.05, 4.69) is 62.4 Å². The van der Waals surface area contributed by atoms with Crippen LogP contribution in [0.2, 0.25) is 0 Å². The van der Waals surface area contributed by atoms with Crippen LogP contribution >= 0.6 is 0 Å². The molecular weight excluding hydrogens is 206 g/mol. The Kier molecular flexibility index (Phi) is 6.34. The first-order valence-electron chi connectivity index (χ1n) is 6.41. The first-order chi connectivity index (χ1) is 8.33. The lowest BCUT2D eigenvalue weighted by Crippen LogP contribution is -2.09. The molecule has 0 fully saturated rings. The normalized spacial score (nSPS) is 14.2. The third-order valence-corrected chi connectivity index (χ3v) is 2.94. The van der Waals surface area contributed by atoms with Crippen LogP contribution in [0.4, 0.5) is 0 Å². The molecule has 2 N–H and O–H groups in total. The van der Waals surface area contributed by atoms with E-state index in [-0.39, 0.29) is 0 Å². The van der Waals surface area contributed by atoms with Crippen molar-refractivity contribution in [2.75, 3.05) is 6.54 Å². The highest BCUT2D eigenvalue weighted by Gasteiger charge is 2.12. The molecule has 0 amide bonds. The number of allylic oxidation sites excluding steroid dienone is 4. The summed E-state index contributed by atoms with van der Waals surface area (Å²) in [7, 11) is 0. The van der Waals surface area contributed by atoms with Gasteiger partial charge in [0.2, 0.25) is 0 Å². The van der Waals surface area contributed by atoms with E-state index in [0.717, 1.165) is 19.4 Å². The van der Waals surface area contributed by atoms with E-state index < -0.39 is 0 Å². The largest absolute Gasteiger partial charge is 0.330 e. The molecule has 0 aliphatic rings. The molecule has 92 valence electrons. The molecule has 1 unspecified atom stereocenters. The van der Waals surface area contributed by atoms with Gasteiger partial charge in [0.25, 0.3) is 0 Å². The predicted molar refractivity (Wildman–Crippen MR) is 76.0 cm³/mol. The van der Waals surface area contributed by atoms with Gasteiger partial charge in [0.15, 0.2) is 0 Å². The molecule has 0 bridgehead atoms. The smallest absolute Gasteiger partial charge is 0.00979 e. The second-order valence-electron chi connectivity index (χ2n) is 4.14. The van der Waals surface area contributed by atoms with Gasteiger partial charge in [0, 0.05) is 5.92 Å². The average Bonchev–Trinajstić information content (AvgIpc) is 2.39. The molecule has 1 rings (SSSR count). The quantitative estimate of drug-likeness (QED) is 0.732. The minimum absolute atomic E-state index is 0.425. The van der Waals surface area contributed by atoms with E-state index in [0.29, 0.717) is 5.92 Å². The van der Waals surface area contributed by atoms with Crippen LogP contribution in [0.5, 0.6) is 0 Å². The van der Waals surface area contributed by atoms with Gasteiger partial charge in [0.05, 0.1) is 0 Å². The highest BCUT2D eigenvalue weighted by Crippen LogP contribution is 2.28. The Morgan fingerprint density at radius 2 is 2.00 bits per heavy atom. The summed E-state index contributed by atoms with van der Waals surface area (Å²) in [5, 5.41) is 0. The van der Waals surface area contributed by atoms with Gasteiger partial charge in [-0.2, -0.15) is 0 Å². The maximum absolute atomic E-state index is 5.74. The van der Waals surface area contributed by atoms with Crippen molar-refractivity contribution in [2.45, 2.75) is 32.6 Å². The Hall–Kier alpha value is -1.34. The molecule has 1 nitrogen and oxygen atoms in total. The van der Waals surface area contributed by atoms with Gasteiger partial charge in [-0.25, -0.2) is 0 Å². The minimum atomic E-state index is 0.425. The highest BCUT2D eigenvalue weighted by molar-refractivity contribution is 5.34. The van der Waals surface area contributed by atoms with Crippen molar-refractivity contribution in [3.05, 3.63) is 59.7 Å². The summed E-state index contributed by atoms with van der Waals surface area (Å²) in [5.74, 6) is 0.425. The molecule has 1 atom stereocenters. The Labute approximate surface area is 105 Å². The van der Waals surface area contributed by atoms with Crippen molar-refractivity contribution in [1.82, 2.24) is 0 Å². The summed E-state index contributed by atoms with van der Waals surface area (Å²) in [6.45, 7) is 4.98. The van der Waals surface area contributed by atoms with E-state index >= 15 is 0 Å². The molecule has 1 heteroatoms.